The number of rotatable bonds is 32. The van der Waals surface area contributed by atoms with Crippen molar-refractivity contribution in [3.8, 4) is 0 Å². The van der Waals surface area contributed by atoms with Gasteiger partial charge in [0.1, 0.15) is 6.10 Å². The lowest BCUT2D eigenvalue weighted by Crippen LogP contribution is -2.27. The van der Waals surface area contributed by atoms with Gasteiger partial charge in [-0.1, -0.05) is 63.8 Å². The third kappa shape index (κ3) is 27.3. The van der Waals surface area contributed by atoms with Crippen LogP contribution in [0.4, 0.5) is 0 Å². The molecule has 0 aromatic rings. The number of hydrogen-bond donors (Lipinski definition) is 0. The van der Waals surface area contributed by atoms with Gasteiger partial charge in [-0.05, 0) is 145 Å². The highest BCUT2D eigenvalue weighted by atomic mass is 16.5. The fraction of sp³-hybridized carbons (Fsp3) is 0.833. The Morgan fingerprint density at radius 2 is 1.02 bits per heavy atom. The van der Waals surface area contributed by atoms with Gasteiger partial charge in [-0.25, -0.2) is 0 Å². The molecule has 0 saturated heterocycles. The van der Waals surface area contributed by atoms with Crippen LogP contribution in [0.5, 0.6) is 0 Å². The number of hydrogen-bond acceptors (Lipinski definition) is 7. The quantitative estimate of drug-likeness (QED) is 0.0300. The molecule has 0 N–H and O–H groups in total. The van der Waals surface area contributed by atoms with E-state index in [1.807, 2.05) is 46.7 Å². The molecular weight excluding hydrogens is 614 g/mol. The highest BCUT2D eigenvalue weighted by Gasteiger charge is 2.29. The Hall–Kier alpha value is -2.15. The van der Waals surface area contributed by atoms with Gasteiger partial charge in [0.05, 0.1) is 30.5 Å². The second kappa shape index (κ2) is 29.6. The summed E-state index contributed by atoms with van der Waals surface area (Å²) >= 11 is 0. The van der Waals surface area contributed by atoms with Crippen LogP contribution in [-0.4, -0.2) is 62.8 Å². The van der Waals surface area contributed by atoms with Crippen molar-refractivity contribution in [1.29, 1.82) is 0 Å². The summed E-state index contributed by atoms with van der Waals surface area (Å²) in [4.78, 5) is 40.0. The Balaban J connectivity index is 4.50. The van der Waals surface area contributed by atoms with E-state index < -0.39 is 10.8 Å². The Morgan fingerprint density at radius 3 is 1.43 bits per heavy atom. The first-order chi connectivity index (χ1) is 23.4. The molecule has 0 aromatic carbocycles. The van der Waals surface area contributed by atoms with Gasteiger partial charge >= 0.3 is 17.9 Å². The molecule has 0 aliphatic heterocycles. The van der Waals surface area contributed by atoms with Gasteiger partial charge in [-0.15, -0.1) is 0 Å². The minimum atomic E-state index is -0.492. The first kappa shape index (κ1) is 46.9. The van der Waals surface area contributed by atoms with Crippen molar-refractivity contribution in [3.05, 3.63) is 24.3 Å². The Bertz CT molecular complexity index is 847. The zero-order valence-electron chi connectivity index (χ0n) is 33.3. The van der Waals surface area contributed by atoms with Crippen LogP contribution >= 0.6 is 0 Å². The first-order valence-electron chi connectivity index (χ1n) is 19.8. The molecular formula is C42H77NO6. The molecule has 0 amide bonds. The smallest absolute Gasteiger partial charge is 0.311 e. The van der Waals surface area contributed by atoms with Crippen LogP contribution in [0.25, 0.3) is 0 Å². The summed E-state index contributed by atoms with van der Waals surface area (Å²) in [6.45, 7) is 13.9. The molecule has 0 bridgehead atoms. The highest BCUT2D eigenvalue weighted by Crippen LogP contribution is 2.28. The van der Waals surface area contributed by atoms with E-state index in [2.05, 4.69) is 38.2 Å². The number of carbonyl (C=O) groups excluding carboxylic acids is 3. The summed E-state index contributed by atoms with van der Waals surface area (Å²) in [7, 11) is 3.92. The maximum atomic E-state index is 12.7. The number of unbranched alkanes of at least 4 members (excludes halogenated alkanes) is 10. The van der Waals surface area contributed by atoms with Gasteiger partial charge in [0.25, 0.3) is 0 Å². The Labute approximate surface area is 302 Å². The van der Waals surface area contributed by atoms with Crippen molar-refractivity contribution in [2.45, 2.75) is 182 Å². The minimum Gasteiger partial charge on any atom is -0.465 e. The van der Waals surface area contributed by atoms with Gasteiger partial charge in [0.15, 0.2) is 0 Å². The summed E-state index contributed by atoms with van der Waals surface area (Å²) in [5.74, 6) is -0.344. The fourth-order valence-electron chi connectivity index (χ4n) is 5.63. The van der Waals surface area contributed by atoms with Gasteiger partial charge in [-0.2, -0.15) is 0 Å². The molecule has 7 nitrogen and oxygen atoms in total. The van der Waals surface area contributed by atoms with E-state index in [0.717, 1.165) is 128 Å². The van der Waals surface area contributed by atoms with Crippen molar-refractivity contribution in [1.82, 2.24) is 4.90 Å². The topological polar surface area (TPSA) is 82.1 Å². The summed E-state index contributed by atoms with van der Waals surface area (Å²) in [5.41, 5.74) is -0.985. The average molecular weight is 692 g/mol. The number of allylic oxidation sites excluding steroid dienone is 4. The molecule has 0 saturated carbocycles. The second-order valence-corrected chi connectivity index (χ2v) is 15.4. The highest BCUT2D eigenvalue weighted by molar-refractivity contribution is 5.76. The number of ether oxygens (including phenoxy) is 3. The summed E-state index contributed by atoms with van der Waals surface area (Å²) < 4.78 is 17.1. The molecule has 0 rings (SSSR count). The third-order valence-corrected chi connectivity index (χ3v) is 9.12. The van der Waals surface area contributed by atoms with E-state index in [1.54, 1.807) is 0 Å². The van der Waals surface area contributed by atoms with Crippen LogP contribution in [0.2, 0.25) is 0 Å². The largest absolute Gasteiger partial charge is 0.465 e. The van der Waals surface area contributed by atoms with Crippen molar-refractivity contribution < 1.29 is 28.6 Å². The molecule has 0 aromatic heterocycles. The Kier molecular flexibility index (Phi) is 28.3. The summed E-state index contributed by atoms with van der Waals surface area (Å²) in [6.07, 6.45) is 28.8. The minimum absolute atomic E-state index is 0.0967. The zero-order chi connectivity index (χ0) is 36.8. The molecule has 49 heavy (non-hydrogen) atoms. The molecule has 0 aliphatic carbocycles. The molecule has 0 heterocycles. The molecule has 7 heteroatoms. The molecule has 0 aliphatic rings. The lowest BCUT2D eigenvalue weighted by Gasteiger charge is -2.23. The maximum absolute atomic E-state index is 12.7. The molecule has 0 unspecified atom stereocenters. The summed E-state index contributed by atoms with van der Waals surface area (Å²) in [5, 5.41) is 0. The molecule has 0 spiro atoms. The van der Waals surface area contributed by atoms with Crippen LogP contribution in [0.1, 0.15) is 176 Å². The van der Waals surface area contributed by atoms with E-state index in [1.165, 1.54) is 0 Å². The average Bonchev–Trinajstić information content (AvgIpc) is 3.05. The zero-order valence-corrected chi connectivity index (χ0v) is 33.3. The predicted molar refractivity (Wildman–Crippen MR) is 204 cm³/mol. The normalized spacial score (nSPS) is 12.4. The standard InChI is InChI=1S/C42H77NO6/c1-9-11-13-15-17-19-27-35-47-39(45)41(3,4)32-25-21-23-29-37(49-38(44)31-34-43(7)8)30-24-22-26-33-42(5,6)40(46)48-36-28-20-18-16-14-12-10-2/h11-14,37H,9-10,15-36H2,1-8H3/b13-11-,14-12-. The van der Waals surface area contributed by atoms with Crippen molar-refractivity contribution in [2.75, 3.05) is 33.9 Å². The monoisotopic (exact) mass is 692 g/mol. The van der Waals surface area contributed by atoms with Crippen molar-refractivity contribution in [2.24, 2.45) is 10.8 Å². The van der Waals surface area contributed by atoms with Crippen LogP contribution in [0.15, 0.2) is 24.3 Å². The number of nitrogens with zero attached hydrogens (tertiary/aromatic N) is 1. The fourth-order valence-corrected chi connectivity index (χ4v) is 5.63. The first-order valence-corrected chi connectivity index (χ1v) is 19.8. The van der Waals surface area contributed by atoms with Crippen LogP contribution in [-0.2, 0) is 28.6 Å². The molecule has 0 fully saturated rings. The van der Waals surface area contributed by atoms with Gasteiger partial charge in [-0.3, -0.25) is 14.4 Å². The number of esters is 3. The maximum Gasteiger partial charge on any atom is 0.311 e. The van der Waals surface area contributed by atoms with E-state index in [-0.39, 0.29) is 24.0 Å². The van der Waals surface area contributed by atoms with Crippen LogP contribution in [0.3, 0.4) is 0 Å². The summed E-state index contributed by atoms with van der Waals surface area (Å²) in [6, 6.07) is 0. The van der Waals surface area contributed by atoms with Gasteiger partial charge in [0, 0.05) is 6.54 Å². The van der Waals surface area contributed by atoms with Gasteiger partial charge < -0.3 is 19.1 Å². The van der Waals surface area contributed by atoms with Crippen LogP contribution < -0.4 is 0 Å². The van der Waals surface area contributed by atoms with E-state index in [9.17, 15) is 14.4 Å². The Morgan fingerprint density at radius 1 is 0.592 bits per heavy atom. The molecule has 0 atom stereocenters. The predicted octanol–water partition coefficient (Wildman–Crippen LogP) is 10.9. The molecule has 0 radical (unpaired) electrons. The van der Waals surface area contributed by atoms with E-state index in [4.69, 9.17) is 14.2 Å². The lowest BCUT2D eigenvalue weighted by molar-refractivity contribution is -0.155. The van der Waals surface area contributed by atoms with E-state index >= 15 is 0 Å². The molecule has 286 valence electrons. The van der Waals surface area contributed by atoms with Crippen molar-refractivity contribution >= 4 is 17.9 Å². The number of carbonyl (C=O) groups is 3. The third-order valence-electron chi connectivity index (χ3n) is 9.12. The lowest BCUT2D eigenvalue weighted by atomic mass is 9.86. The second-order valence-electron chi connectivity index (χ2n) is 15.4. The van der Waals surface area contributed by atoms with Gasteiger partial charge in [0.2, 0.25) is 0 Å². The van der Waals surface area contributed by atoms with Crippen molar-refractivity contribution in [3.63, 3.8) is 0 Å². The van der Waals surface area contributed by atoms with E-state index in [0.29, 0.717) is 26.2 Å². The van der Waals surface area contributed by atoms with Crippen LogP contribution in [0, 0.1) is 10.8 Å². The SMILES string of the molecule is CC/C=C\CCCCCOC(=O)C(C)(C)CCCCCC(CCCCCC(C)(C)C(=O)OCCCCC/C=C\CC)OC(=O)CCN(C)C.